The lowest BCUT2D eigenvalue weighted by Crippen LogP contribution is -2.45. The third kappa shape index (κ3) is 3.52. The summed E-state index contributed by atoms with van der Waals surface area (Å²) in [5.41, 5.74) is 0.562. The highest BCUT2D eigenvalue weighted by Crippen LogP contribution is 2.13. The molecule has 0 atom stereocenters. The Hall–Kier alpha value is -1.46. The van der Waals surface area contributed by atoms with E-state index in [0.717, 1.165) is 38.3 Å². The molecule has 1 aromatic rings. The summed E-state index contributed by atoms with van der Waals surface area (Å²) in [4.78, 5) is 15.4. The summed E-state index contributed by atoms with van der Waals surface area (Å²) in [6, 6.07) is 4.36. The monoisotopic (exact) mass is 266 g/mol. The average Bonchev–Trinajstić information content (AvgIpc) is 2.39. The van der Waals surface area contributed by atoms with Crippen LogP contribution in [-0.4, -0.2) is 53.6 Å². The highest BCUT2D eigenvalue weighted by molar-refractivity contribution is 5.87. The van der Waals surface area contributed by atoms with Crippen LogP contribution >= 0.6 is 0 Å². The van der Waals surface area contributed by atoms with Crippen molar-refractivity contribution in [1.29, 1.82) is 0 Å². The van der Waals surface area contributed by atoms with Crippen molar-refractivity contribution in [2.24, 2.45) is 0 Å². The minimum Gasteiger partial charge on any atom is -0.478 e. The van der Waals surface area contributed by atoms with Gasteiger partial charge in [-0.25, -0.2) is 9.18 Å². The molecular formula is C14H19FN2O2. The summed E-state index contributed by atoms with van der Waals surface area (Å²) in [6.45, 7) is 7.89. The number of hydrogen-bond acceptors (Lipinski definition) is 3. The number of nitrogens with zero attached hydrogens (tertiary/aromatic N) is 2. The molecule has 0 unspecified atom stereocenters. The fourth-order valence-electron chi connectivity index (χ4n) is 2.35. The molecule has 0 amide bonds. The summed E-state index contributed by atoms with van der Waals surface area (Å²) in [5.74, 6) is -1.88. The van der Waals surface area contributed by atoms with Gasteiger partial charge in [-0.1, -0.05) is 13.0 Å². The Balaban J connectivity index is 1.97. The van der Waals surface area contributed by atoms with E-state index in [-0.39, 0.29) is 5.56 Å². The van der Waals surface area contributed by atoms with Gasteiger partial charge in [-0.05, 0) is 24.2 Å². The van der Waals surface area contributed by atoms with Crippen LogP contribution in [0.25, 0.3) is 0 Å². The van der Waals surface area contributed by atoms with Gasteiger partial charge in [0.2, 0.25) is 0 Å². The number of rotatable bonds is 4. The zero-order chi connectivity index (χ0) is 13.8. The highest BCUT2D eigenvalue weighted by atomic mass is 19.1. The third-order valence-electron chi connectivity index (χ3n) is 3.58. The second-order valence-corrected chi connectivity index (χ2v) is 4.83. The Morgan fingerprint density at radius 3 is 2.42 bits per heavy atom. The number of carboxylic acids is 1. The maximum Gasteiger partial charge on any atom is 0.338 e. The molecule has 4 nitrogen and oxygen atoms in total. The lowest BCUT2D eigenvalue weighted by molar-refractivity contribution is 0.0692. The maximum absolute atomic E-state index is 13.6. The van der Waals surface area contributed by atoms with Crippen LogP contribution < -0.4 is 0 Å². The molecule has 0 aliphatic carbocycles. The Morgan fingerprint density at radius 2 is 1.89 bits per heavy atom. The predicted molar refractivity (Wildman–Crippen MR) is 70.8 cm³/mol. The van der Waals surface area contributed by atoms with Gasteiger partial charge in [-0.15, -0.1) is 0 Å². The molecule has 2 rings (SSSR count). The number of aromatic carboxylic acids is 1. The zero-order valence-corrected chi connectivity index (χ0v) is 11.1. The molecule has 0 aromatic heterocycles. The molecule has 1 saturated heterocycles. The number of carboxylic acid groups (broad SMARTS) is 1. The Bertz CT molecular complexity index is 457. The molecule has 1 heterocycles. The predicted octanol–water partition coefficient (Wildman–Crippen LogP) is 1.66. The minimum atomic E-state index is -1.22. The van der Waals surface area contributed by atoms with E-state index in [0.29, 0.717) is 6.54 Å². The summed E-state index contributed by atoms with van der Waals surface area (Å²) >= 11 is 0. The van der Waals surface area contributed by atoms with E-state index in [1.165, 1.54) is 12.1 Å². The van der Waals surface area contributed by atoms with Crippen LogP contribution in [0.1, 0.15) is 22.8 Å². The topological polar surface area (TPSA) is 43.8 Å². The number of hydrogen-bond donors (Lipinski definition) is 1. The second kappa shape index (κ2) is 6.12. The molecule has 1 aromatic carbocycles. The fraction of sp³-hybridized carbons (Fsp3) is 0.500. The average molecular weight is 266 g/mol. The van der Waals surface area contributed by atoms with Gasteiger partial charge in [0.05, 0.1) is 5.56 Å². The van der Waals surface area contributed by atoms with E-state index in [9.17, 15) is 9.18 Å². The fourth-order valence-corrected chi connectivity index (χ4v) is 2.35. The van der Waals surface area contributed by atoms with E-state index in [1.54, 1.807) is 6.07 Å². The van der Waals surface area contributed by atoms with Crippen LogP contribution in [0.15, 0.2) is 18.2 Å². The van der Waals surface area contributed by atoms with Crippen molar-refractivity contribution >= 4 is 5.97 Å². The Labute approximate surface area is 112 Å². The molecule has 1 aliphatic heterocycles. The normalized spacial score (nSPS) is 17.6. The van der Waals surface area contributed by atoms with Gasteiger partial charge in [-0.3, -0.25) is 4.90 Å². The van der Waals surface area contributed by atoms with E-state index >= 15 is 0 Å². The largest absolute Gasteiger partial charge is 0.478 e. The molecule has 0 saturated carbocycles. The first-order valence-electron chi connectivity index (χ1n) is 6.56. The van der Waals surface area contributed by atoms with Crippen molar-refractivity contribution < 1.29 is 14.3 Å². The molecule has 104 valence electrons. The molecule has 1 aliphatic rings. The first kappa shape index (κ1) is 14.0. The van der Waals surface area contributed by atoms with Crippen molar-refractivity contribution in [3.05, 3.63) is 35.1 Å². The smallest absolute Gasteiger partial charge is 0.338 e. The van der Waals surface area contributed by atoms with Crippen molar-refractivity contribution in [3.63, 3.8) is 0 Å². The maximum atomic E-state index is 13.6. The summed E-state index contributed by atoms with van der Waals surface area (Å²) < 4.78 is 13.6. The van der Waals surface area contributed by atoms with Gasteiger partial charge in [0.15, 0.2) is 0 Å². The highest BCUT2D eigenvalue weighted by Gasteiger charge is 2.16. The van der Waals surface area contributed by atoms with E-state index < -0.39 is 11.8 Å². The van der Waals surface area contributed by atoms with Crippen LogP contribution in [0, 0.1) is 5.82 Å². The van der Waals surface area contributed by atoms with E-state index in [2.05, 4.69) is 16.7 Å². The molecule has 0 radical (unpaired) electrons. The van der Waals surface area contributed by atoms with Gasteiger partial charge < -0.3 is 10.0 Å². The zero-order valence-electron chi connectivity index (χ0n) is 11.1. The van der Waals surface area contributed by atoms with Crippen molar-refractivity contribution in [2.75, 3.05) is 32.7 Å². The van der Waals surface area contributed by atoms with Crippen LogP contribution in [0.3, 0.4) is 0 Å². The Morgan fingerprint density at radius 1 is 1.26 bits per heavy atom. The van der Waals surface area contributed by atoms with Crippen molar-refractivity contribution in [1.82, 2.24) is 9.80 Å². The quantitative estimate of drug-likeness (QED) is 0.900. The Kier molecular flexibility index (Phi) is 4.50. The third-order valence-corrected chi connectivity index (χ3v) is 3.58. The molecule has 0 bridgehead atoms. The van der Waals surface area contributed by atoms with Crippen molar-refractivity contribution in [3.8, 4) is 0 Å². The molecule has 1 N–H and O–H groups in total. The molecule has 19 heavy (non-hydrogen) atoms. The van der Waals surface area contributed by atoms with Gasteiger partial charge in [0, 0.05) is 32.7 Å². The number of likely N-dealkylation sites (N-methyl/N-ethyl adjacent to an activating group) is 1. The lowest BCUT2D eigenvalue weighted by atomic mass is 10.1. The first-order chi connectivity index (χ1) is 9.10. The van der Waals surface area contributed by atoms with E-state index in [4.69, 9.17) is 5.11 Å². The summed E-state index contributed by atoms with van der Waals surface area (Å²) in [7, 11) is 0. The molecule has 1 fully saturated rings. The molecular weight excluding hydrogens is 247 g/mol. The summed E-state index contributed by atoms with van der Waals surface area (Å²) in [5, 5.41) is 8.78. The first-order valence-corrected chi connectivity index (χ1v) is 6.56. The van der Waals surface area contributed by atoms with Crippen molar-refractivity contribution in [2.45, 2.75) is 13.5 Å². The van der Waals surface area contributed by atoms with Gasteiger partial charge in [0.25, 0.3) is 0 Å². The number of piperazine rings is 1. The standard InChI is InChI=1S/C14H19FN2O2/c1-2-16-5-7-17(8-6-16)10-11-3-4-12(14(18)19)13(15)9-11/h3-4,9H,2,5-8,10H2,1H3,(H,18,19). The number of benzene rings is 1. The SMILES string of the molecule is CCN1CCN(Cc2ccc(C(=O)O)c(F)c2)CC1. The van der Waals surface area contributed by atoms with Gasteiger partial charge in [-0.2, -0.15) is 0 Å². The molecule has 5 heteroatoms. The van der Waals surface area contributed by atoms with Crippen LogP contribution in [0.2, 0.25) is 0 Å². The van der Waals surface area contributed by atoms with Gasteiger partial charge >= 0.3 is 5.97 Å². The van der Waals surface area contributed by atoms with E-state index in [1.807, 2.05) is 0 Å². The van der Waals surface area contributed by atoms with Crippen LogP contribution in [0.5, 0.6) is 0 Å². The minimum absolute atomic E-state index is 0.264. The van der Waals surface area contributed by atoms with Gasteiger partial charge in [0.1, 0.15) is 5.82 Å². The second-order valence-electron chi connectivity index (χ2n) is 4.83. The number of halogens is 1. The summed E-state index contributed by atoms with van der Waals surface area (Å²) in [6.07, 6.45) is 0. The lowest BCUT2D eigenvalue weighted by Gasteiger charge is -2.34. The number of carbonyl (C=O) groups is 1. The van der Waals surface area contributed by atoms with Crippen LogP contribution in [0.4, 0.5) is 4.39 Å². The van der Waals surface area contributed by atoms with Crippen LogP contribution in [-0.2, 0) is 6.54 Å². The molecule has 0 spiro atoms.